The molecular weight excluding hydrogens is 255 g/mol. The lowest BCUT2D eigenvalue weighted by Gasteiger charge is -2.24. The zero-order valence-electron chi connectivity index (χ0n) is 12.6. The Morgan fingerprint density at radius 3 is 2.50 bits per heavy atom. The van der Waals surface area contributed by atoms with Crippen molar-refractivity contribution in [3.63, 3.8) is 0 Å². The molecule has 4 nitrogen and oxygen atoms in total. The number of benzene rings is 1. The Balaban J connectivity index is 2.84. The van der Waals surface area contributed by atoms with E-state index in [-0.39, 0.29) is 11.7 Å². The van der Waals surface area contributed by atoms with E-state index in [4.69, 9.17) is 11.1 Å². The molecule has 20 heavy (non-hydrogen) atoms. The molecule has 3 N–H and O–H groups in total. The van der Waals surface area contributed by atoms with Crippen molar-refractivity contribution in [1.29, 1.82) is 5.41 Å². The van der Waals surface area contributed by atoms with Crippen molar-refractivity contribution in [3.8, 4) is 0 Å². The van der Waals surface area contributed by atoms with Gasteiger partial charge in [-0.15, -0.1) is 0 Å². The summed E-state index contributed by atoms with van der Waals surface area (Å²) in [5, 5.41) is 7.57. The van der Waals surface area contributed by atoms with Gasteiger partial charge < -0.3 is 10.6 Å². The van der Waals surface area contributed by atoms with Crippen molar-refractivity contribution >= 4 is 5.84 Å². The SMILES string of the molecule is CCCN(CCN(C)C)Cc1ccc(F)cc1C(=N)N. The highest BCUT2D eigenvalue weighted by molar-refractivity contribution is 5.96. The Kier molecular flexibility index (Phi) is 6.61. The molecule has 0 bridgehead atoms. The fourth-order valence-corrected chi connectivity index (χ4v) is 2.11. The number of nitrogens with zero attached hydrogens (tertiary/aromatic N) is 2. The van der Waals surface area contributed by atoms with Crippen molar-refractivity contribution in [1.82, 2.24) is 9.80 Å². The topological polar surface area (TPSA) is 56.4 Å². The number of rotatable bonds is 8. The van der Waals surface area contributed by atoms with Crippen LogP contribution in [0.5, 0.6) is 0 Å². The highest BCUT2D eigenvalue weighted by Crippen LogP contribution is 2.14. The summed E-state index contributed by atoms with van der Waals surface area (Å²) >= 11 is 0. The van der Waals surface area contributed by atoms with Crippen molar-refractivity contribution in [2.75, 3.05) is 33.7 Å². The standard InChI is InChI=1S/C15H25FN4/c1-4-7-20(9-8-19(2)3)11-12-5-6-13(16)10-14(12)15(17)18/h5-6,10H,4,7-9,11H2,1-3H3,(H3,17,18). The maximum Gasteiger partial charge on any atom is 0.123 e. The molecule has 0 aliphatic rings. The van der Waals surface area contributed by atoms with E-state index in [1.807, 2.05) is 14.1 Å². The maximum atomic E-state index is 13.3. The lowest BCUT2D eigenvalue weighted by molar-refractivity contribution is 0.234. The number of amidine groups is 1. The van der Waals surface area contributed by atoms with Gasteiger partial charge in [-0.3, -0.25) is 10.3 Å². The predicted molar refractivity (Wildman–Crippen MR) is 81.5 cm³/mol. The summed E-state index contributed by atoms with van der Waals surface area (Å²) < 4.78 is 13.3. The van der Waals surface area contributed by atoms with E-state index < -0.39 is 0 Å². The molecule has 1 aromatic carbocycles. The Bertz CT molecular complexity index is 445. The van der Waals surface area contributed by atoms with E-state index in [1.54, 1.807) is 6.07 Å². The van der Waals surface area contributed by atoms with Crippen LogP contribution in [0.4, 0.5) is 4.39 Å². The minimum atomic E-state index is -0.353. The van der Waals surface area contributed by atoms with Gasteiger partial charge in [-0.1, -0.05) is 13.0 Å². The molecule has 0 amide bonds. The van der Waals surface area contributed by atoms with Gasteiger partial charge in [-0.25, -0.2) is 4.39 Å². The number of nitrogen functional groups attached to an aromatic ring is 1. The lowest BCUT2D eigenvalue weighted by atomic mass is 10.1. The summed E-state index contributed by atoms with van der Waals surface area (Å²) in [5.74, 6) is -0.433. The van der Waals surface area contributed by atoms with E-state index in [1.165, 1.54) is 12.1 Å². The van der Waals surface area contributed by atoms with Crippen LogP contribution in [0.2, 0.25) is 0 Å². The zero-order chi connectivity index (χ0) is 15.1. The van der Waals surface area contributed by atoms with Gasteiger partial charge in [0, 0.05) is 25.2 Å². The molecule has 0 heterocycles. The molecule has 5 heteroatoms. The van der Waals surface area contributed by atoms with Gasteiger partial charge in [0.05, 0.1) is 0 Å². The second kappa shape index (κ2) is 7.97. The number of likely N-dealkylation sites (N-methyl/N-ethyl adjacent to an activating group) is 1. The first kappa shape index (κ1) is 16.6. The van der Waals surface area contributed by atoms with E-state index in [2.05, 4.69) is 16.7 Å². The molecule has 112 valence electrons. The average molecular weight is 280 g/mol. The van der Waals surface area contributed by atoms with E-state index >= 15 is 0 Å². The van der Waals surface area contributed by atoms with Crippen LogP contribution in [0.25, 0.3) is 0 Å². The van der Waals surface area contributed by atoms with Crippen molar-refractivity contribution in [3.05, 3.63) is 35.1 Å². The Morgan fingerprint density at radius 2 is 1.95 bits per heavy atom. The number of halogens is 1. The summed E-state index contributed by atoms with van der Waals surface area (Å²) in [7, 11) is 4.09. The summed E-state index contributed by atoms with van der Waals surface area (Å²) in [6.07, 6.45) is 1.06. The fraction of sp³-hybridized carbons (Fsp3) is 0.533. The number of nitrogens with one attached hydrogen (secondary N) is 1. The fourth-order valence-electron chi connectivity index (χ4n) is 2.11. The molecule has 0 aliphatic carbocycles. The molecule has 0 fully saturated rings. The number of hydrogen-bond acceptors (Lipinski definition) is 3. The van der Waals surface area contributed by atoms with Gasteiger partial charge in [0.15, 0.2) is 0 Å². The van der Waals surface area contributed by atoms with E-state index in [0.29, 0.717) is 12.1 Å². The molecule has 0 saturated carbocycles. The highest BCUT2D eigenvalue weighted by atomic mass is 19.1. The normalized spacial score (nSPS) is 11.3. The Labute approximate surface area is 120 Å². The van der Waals surface area contributed by atoms with Gasteiger partial charge in [0.2, 0.25) is 0 Å². The quantitative estimate of drug-likeness (QED) is 0.565. The monoisotopic (exact) mass is 280 g/mol. The first-order valence-corrected chi connectivity index (χ1v) is 6.94. The van der Waals surface area contributed by atoms with Gasteiger partial charge in [-0.05, 0) is 44.8 Å². The van der Waals surface area contributed by atoms with Crippen LogP contribution in [0.15, 0.2) is 18.2 Å². The third-order valence-corrected chi connectivity index (χ3v) is 3.16. The van der Waals surface area contributed by atoms with Gasteiger partial charge in [-0.2, -0.15) is 0 Å². The molecular formula is C15H25FN4. The van der Waals surface area contributed by atoms with Crippen LogP contribution in [0, 0.1) is 11.2 Å². The molecule has 1 aromatic rings. The van der Waals surface area contributed by atoms with Crippen LogP contribution in [-0.4, -0.2) is 49.4 Å². The minimum Gasteiger partial charge on any atom is -0.384 e. The largest absolute Gasteiger partial charge is 0.384 e. The minimum absolute atomic E-state index is 0.0800. The van der Waals surface area contributed by atoms with Crippen molar-refractivity contribution < 1.29 is 4.39 Å². The summed E-state index contributed by atoms with van der Waals surface area (Å²) in [5.41, 5.74) is 6.95. The lowest BCUT2D eigenvalue weighted by Crippen LogP contribution is -2.32. The summed E-state index contributed by atoms with van der Waals surface area (Å²) in [4.78, 5) is 4.44. The first-order chi connectivity index (χ1) is 9.43. The van der Waals surface area contributed by atoms with Crippen LogP contribution in [0.1, 0.15) is 24.5 Å². The molecule has 0 spiro atoms. The summed E-state index contributed by atoms with van der Waals surface area (Å²) in [6.45, 7) is 5.71. The van der Waals surface area contributed by atoms with Gasteiger partial charge in [0.1, 0.15) is 11.7 Å². The molecule has 0 aliphatic heterocycles. The molecule has 0 aromatic heterocycles. The predicted octanol–water partition coefficient (Wildman–Crippen LogP) is 1.88. The van der Waals surface area contributed by atoms with Crippen molar-refractivity contribution in [2.24, 2.45) is 5.73 Å². The van der Waals surface area contributed by atoms with E-state index in [9.17, 15) is 4.39 Å². The van der Waals surface area contributed by atoms with Crippen LogP contribution < -0.4 is 5.73 Å². The summed E-state index contributed by atoms with van der Waals surface area (Å²) in [6, 6.07) is 4.50. The maximum absolute atomic E-state index is 13.3. The highest BCUT2D eigenvalue weighted by Gasteiger charge is 2.11. The molecule has 1 rings (SSSR count). The Hall–Kier alpha value is -1.46. The van der Waals surface area contributed by atoms with Gasteiger partial charge >= 0.3 is 0 Å². The smallest absolute Gasteiger partial charge is 0.123 e. The third kappa shape index (κ3) is 5.27. The molecule has 0 radical (unpaired) electrons. The second-order valence-corrected chi connectivity index (χ2v) is 5.29. The van der Waals surface area contributed by atoms with Crippen LogP contribution in [0.3, 0.4) is 0 Å². The molecule has 0 atom stereocenters. The van der Waals surface area contributed by atoms with Crippen molar-refractivity contribution in [2.45, 2.75) is 19.9 Å². The first-order valence-electron chi connectivity index (χ1n) is 6.94. The number of hydrogen-bond donors (Lipinski definition) is 2. The molecule has 0 saturated heterocycles. The van der Waals surface area contributed by atoms with Crippen LogP contribution in [-0.2, 0) is 6.54 Å². The number of nitrogens with two attached hydrogens (primary N) is 1. The third-order valence-electron chi connectivity index (χ3n) is 3.16. The van der Waals surface area contributed by atoms with Gasteiger partial charge in [0.25, 0.3) is 0 Å². The molecule has 0 unspecified atom stereocenters. The van der Waals surface area contributed by atoms with E-state index in [0.717, 1.165) is 31.6 Å². The average Bonchev–Trinajstić information content (AvgIpc) is 2.37. The zero-order valence-corrected chi connectivity index (χ0v) is 12.6. The van der Waals surface area contributed by atoms with Crippen LogP contribution >= 0.6 is 0 Å². The second-order valence-electron chi connectivity index (χ2n) is 5.29. The Morgan fingerprint density at radius 1 is 1.25 bits per heavy atom.